The summed E-state index contributed by atoms with van der Waals surface area (Å²) in [7, 11) is 0. The number of amides is 1. The molecule has 1 rings (SSSR count). The van der Waals surface area contributed by atoms with E-state index in [4.69, 9.17) is 14.9 Å². The van der Waals surface area contributed by atoms with Gasteiger partial charge in [-0.3, -0.25) is 9.59 Å². The summed E-state index contributed by atoms with van der Waals surface area (Å²) in [5.74, 6) is -3.40. The van der Waals surface area contributed by atoms with Crippen LogP contribution < -0.4 is 10.6 Å². The molecule has 0 aromatic heterocycles. The van der Waals surface area contributed by atoms with Gasteiger partial charge in [-0.25, -0.2) is 4.79 Å². The topological polar surface area (TPSA) is 186 Å². The van der Waals surface area contributed by atoms with Crippen LogP contribution in [0.3, 0.4) is 0 Å². The lowest BCUT2D eigenvalue weighted by molar-refractivity contribution is -0.146. The molecule has 0 unspecified atom stereocenters. The predicted molar refractivity (Wildman–Crippen MR) is 86.0 cm³/mol. The summed E-state index contributed by atoms with van der Waals surface area (Å²) in [6.07, 6.45) is -3.30. The van der Waals surface area contributed by atoms with Gasteiger partial charge in [0.25, 0.3) is 0 Å². The van der Waals surface area contributed by atoms with Gasteiger partial charge in [-0.15, -0.1) is 0 Å². The van der Waals surface area contributed by atoms with E-state index in [-0.39, 0.29) is 19.4 Å². The van der Waals surface area contributed by atoms with Crippen LogP contribution in [0.4, 0.5) is 0 Å². The Morgan fingerprint density at radius 3 is 2.42 bits per heavy atom. The maximum atomic E-state index is 11.5. The lowest BCUT2D eigenvalue weighted by atomic mass is 9.92. The number of aliphatic hydroxyl groups is 3. The van der Waals surface area contributed by atoms with Crippen LogP contribution in [0.1, 0.15) is 19.8 Å². The van der Waals surface area contributed by atoms with Crippen molar-refractivity contribution in [2.24, 2.45) is 0 Å². The second-order valence-corrected chi connectivity index (χ2v) is 5.86. The Bertz CT molecular complexity index is 551. The fourth-order valence-electron chi connectivity index (χ4n) is 2.56. The fraction of sp³-hybridized carbons (Fsp3) is 0.667. The minimum absolute atomic E-state index is 0.105. The monoisotopic (exact) mass is 376 g/mol. The van der Waals surface area contributed by atoms with Crippen molar-refractivity contribution in [1.82, 2.24) is 10.6 Å². The van der Waals surface area contributed by atoms with Crippen molar-refractivity contribution in [2.45, 2.75) is 50.2 Å². The highest BCUT2D eigenvalue weighted by molar-refractivity contribution is 5.84. The van der Waals surface area contributed by atoms with Crippen LogP contribution in [0.15, 0.2) is 11.8 Å². The molecule has 1 amide bonds. The number of ether oxygens (including phenoxy) is 1. The molecule has 26 heavy (non-hydrogen) atoms. The Hall–Kier alpha value is -2.21. The van der Waals surface area contributed by atoms with E-state index in [0.29, 0.717) is 0 Å². The third-order valence-electron chi connectivity index (χ3n) is 3.78. The fourth-order valence-corrected chi connectivity index (χ4v) is 2.56. The zero-order chi connectivity index (χ0) is 19.9. The molecule has 11 heteroatoms. The minimum atomic E-state index is -1.68. The molecular weight excluding hydrogens is 352 g/mol. The van der Waals surface area contributed by atoms with Crippen molar-refractivity contribution in [2.75, 3.05) is 13.2 Å². The Kier molecular flexibility index (Phi) is 8.45. The summed E-state index contributed by atoms with van der Waals surface area (Å²) < 4.78 is 5.21. The second-order valence-electron chi connectivity index (χ2n) is 5.86. The number of nitrogens with one attached hydrogen (secondary N) is 2. The van der Waals surface area contributed by atoms with Crippen LogP contribution >= 0.6 is 0 Å². The van der Waals surface area contributed by atoms with Crippen LogP contribution in [0.5, 0.6) is 0 Å². The number of carboxylic acids is 2. The van der Waals surface area contributed by atoms with E-state index in [9.17, 15) is 29.7 Å². The van der Waals surface area contributed by atoms with Crippen LogP contribution in [0, 0.1) is 0 Å². The van der Waals surface area contributed by atoms with Crippen LogP contribution in [-0.2, 0) is 19.1 Å². The van der Waals surface area contributed by atoms with Gasteiger partial charge < -0.3 is 40.9 Å². The van der Waals surface area contributed by atoms with Gasteiger partial charge in [-0.05, 0) is 19.0 Å². The molecule has 0 bridgehead atoms. The third-order valence-corrected chi connectivity index (χ3v) is 3.78. The van der Waals surface area contributed by atoms with E-state index in [0.717, 1.165) is 0 Å². The number of carboxylic acid groups (broad SMARTS) is 2. The molecule has 1 aliphatic rings. The minimum Gasteiger partial charge on any atom is -0.481 e. The van der Waals surface area contributed by atoms with Gasteiger partial charge in [0.05, 0.1) is 18.7 Å². The van der Waals surface area contributed by atoms with Gasteiger partial charge in [0, 0.05) is 13.3 Å². The smallest absolute Gasteiger partial charge is 0.370 e. The zero-order valence-electron chi connectivity index (χ0n) is 14.2. The molecule has 0 fully saturated rings. The van der Waals surface area contributed by atoms with E-state index >= 15 is 0 Å². The average Bonchev–Trinajstić information content (AvgIpc) is 2.57. The SMILES string of the molecule is CC(=O)N[C@H]1[C@H]([C@H](O)[C@H](O)CO)OC(C(=O)O)=C[C@@H]1NCCCC(=O)O. The molecule has 7 N–H and O–H groups in total. The average molecular weight is 376 g/mol. The predicted octanol–water partition coefficient (Wildman–Crippen LogP) is -2.60. The summed E-state index contributed by atoms with van der Waals surface area (Å²) in [6.45, 7) is 0.613. The van der Waals surface area contributed by atoms with Gasteiger partial charge in [-0.1, -0.05) is 0 Å². The number of hydrogen-bond acceptors (Lipinski definition) is 8. The molecule has 0 spiro atoms. The number of aliphatic hydroxyl groups excluding tert-OH is 3. The maximum absolute atomic E-state index is 11.5. The first-order valence-corrected chi connectivity index (χ1v) is 7.98. The molecule has 0 saturated heterocycles. The molecule has 148 valence electrons. The van der Waals surface area contributed by atoms with Gasteiger partial charge in [0.2, 0.25) is 11.7 Å². The molecular formula is C15H24N2O9. The first kappa shape index (κ1) is 21.8. The van der Waals surface area contributed by atoms with Gasteiger partial charge in [0.1, 0.15) is 18.3 Å². The lowest BCUT2D eigenvalue weighted by Crippen LogP contribution is -2.63. The molecule has 11 nitrogen and oxygen atoms in total. The number of carbonyl (C=O) groups is 3. The zero-order valence-corrected chi connectivity index (χ0v) is 14.2. The lowest BCUT2D eigenvalue weighted by Gasteiger charge is -2.40. The van der Waals surface area contributed by atoms with Crippen molar-refractivity contribution >= 4 is 17.8 Å². The standard InChI is InChI=1S/C15H24N2O9/c1-7(19)17-12-8(16-4-2-3-11(21)22)5-10(15(24)25)26-14(12)13(23)9(20)6-18/h5,8-9,12-14,16,18,20,23H,2-4,6H2,1H3,(H,17,19)(H,21,22)(H,24,25)/t8-,9+,12+,13+,14+/m0/s1. The van der Waals surface area contributed by atoms with Crippen LogP contribution in [0.25, 0.3) is 0 Å². The largest absolute Gasteiger partial charge is 0.481 e. The van der Waals surface area contributed by atoms with Crippen molar-refractivity contribution < 1.29 is 44.7 Å². The van der Waals surface area contributed by atoms with Crippen LogP contribution in [0.2, 0.25) is 0 Å². The highest BCUT2D eigenvalue weighted by Crippen LogP contribution is 2.23. The molecule has 0 saturated carbocycles. The molecule has 0 aliphatic carbocycles. The quantitative estimate of drug-likeness (QED) is 0.199. The first-order chi connectivity index (χ1) is 12.2. The molecule has 1 aliphatic heterocycles. The third kappa shape index (κ3) is 6.26. The summed E-state index contributed by atoms with van der Waals surface area (Å²) >= 11 is 0. The summed E-state index contributed by atoms with van der Waals surface area (Å²) in [5.41, 5.74) is 0. The Morgan fingerprint density at radius 2 is 1.92 bits per heavy atom. The van der Waals surface area contributed by atoms with Crippen molar-refractivity contribution in [3.8, 4) is 0 Å². The van der Waals surface area contributed by atoms with Crippen molar-refractivity contribution in [3.63, 3.8) is 0 Å². The normalized spacial score (nSPS) is 24.8. The number of aliphatic carboxylic acids is 2. The second kappa shape index (κ2) is 10.1. The number of hydrogen-bond donors (Lipinski definition) is 7. The highest BCUT2D eigenvalue weighted by atomic mass is 16.5. The summed E-state index contributed by atoms with van der Waals surface area (Å²) in [4.78, 5) is 33.3. The van der Waals surface area contributed by atoms with Crippen molar-refractivity contribution in [1.29, 1.82) is 0 Å². The van der Waals surface area contributed by atoms with E-state index in [2.05, 4.69) is 10.6 Å². The Morgan fingerprint density at radius 1 is 1.27 bits per heavy atom. The molecule has 0 radical (unpaired) electrons. The van der Waals surface area contributed by atoms with E-state index < -0.39 is 60.6 Å². The van der Waals surface area contributed by atoms with Gasteiger partial charge in [0.15, 0.2) is 0 Å². The molecule has 5 atom stereocenters. The van der Waals surface area contributed by atoms with Crippen LogP contribution in [-0.4, -0.2) is 86.9 Å². The Labute approximate surface area is 149 Å². The highest BCUT2D eigenvalue weighted by Gasteiger charge is 2.43. The van der Waals surface area contributed by atoms with Crippen molar-refractivity contribution in [3.05, 3.63) is 11.8 Å². The molecule has 1 heterocycles. The van der Waals surface area contributed by atoms with E-state index in [1.165, 1.54) is 13.0 Å². The summed E-state index contributed by atoms with van der Waals surface area (Å²) in [6, 6.07) is -1.77. The first-order valence-electron chi connectivity index (χ1n) is 7.98. The summed E-state index contributed by atoms with van der Waals surface area (Å²) in [5, 5.41) is 52.1. The Balaban J connectivity index is 3.04. The van der Waals surface area contributed by atoms with E-state index in [1.807, 2.05) is 0 Å². The number of carbonyl (C=O) groups excluding carboxylic acids is 1. The van der Waals surface area contributed by atoms with Gasteiger partial charge >= 0.3 is 11.9 Å². The van der Waals surface area contributed by atoms with Gasteiger partial charge in [-0.2, -0.15) is 0 Å². The molecule has 0 aromatic rings. The maximum Gasteiger partial charge on any atom is 0.370 e. The molecule has 0 aromatic carbocycles. The number of rotatable bonds is 10. The van der Waals surface area contributed by atoms with E-state index in [1.54, 1.807) is 0 Å².